The summed E-state index contributed by atoms with van der Waals surface area (Å²) in [6.45, 7) is 11.4. The smallest absolute Gasteiger partial charge is 0.410 e. The minimum Gasteiger partial charge on any atom is -0.444 e. The van der Waals surface area contributed by atoms with E-state index in [-0.39, 0.29) is 30.5 Å². The molecule has 0 aromatic carbocycles. The summed E-state index contributed by atoms with van der Waals surface area (Å²) < 4.78 is 6.56. The topological polar surface area (TPSA) is 131 Å². The van der Waals surface area contributed by atoms with Gasteiger partial charge in [-0.3, -0.25) is 19.1 Å². The number of anilines is 2. The number of likely N-dealkylation sites (N-methyl/N-ethyl adjacent to an activating group) is 1. The van der Waals surface area contributed by atoms with Crippen LogP contribution in [0.15, 0.2) is 9.59 Å². The normalized spacial score (nSPS) is 11.5. The molecular weight excluding hydrogens is 402 g/mol. The first-order valence-electron chi connectivity index (χ1n) is 10.7. The third kappa shape index (κ3) is 7.76. The Morgan fingerprint density at radius 2 is 1.84 bits per heavy atom. The third-order valence-electron chi connectivity index (χ3n) is 4.53. The molecule has 0 radical (unpaired) electrons. The van der Waals surface area contributed by atoms with Gasteiger partial charge in [0, 0.05) is 20.1 Å². The number of carbonyl (C=O) groups excluding carboxylic acids is 2. The van der Waals surface area contributed by atoms with Crippen molar-refractivity contribution < 1.29 is 14.3 Å². The highest BCUT2D eigenvalue weighted by Crippen LogP contribution is 2.19. The van der Waals surface area contributed by atoms with Gasteiger partial charge in [-0.2, -0.15) is 0 Å². The summed E-state index contributed by atoms with van der Waals surface area (Å²) >= 11 is 0. The van der Waals surface area contributed by atoms with E-state index in [9.17, 15) is 19.2 Å². The maximum Gasteiger partial charge on any atom is 0.410 e. The van der Waals surface area contributed by atoms with Crippen molar-refractivity contribution in [1.82, 2.24) is 14.5 Å². The van der Waals surface area contributed by atoms with Crippen LogP contribution < -0.4 is 21.9 Å². The molecule has 10 nitrogen and oxygen atoms in total. The van der Waals surface area contributed by atoms with Crippen LogP contribution in [0.1, 0.15) is 60.8 Å². The molecule has 0 saturated carbocycles. The summed E-state index contributed by atoms with van der Waals surface area (Å²) in [7, 11) is 1.45. The van der Waals surface area contributed by atoms with Crippen LogP contribution in [0.3, 0.4) is 0 Å². The molecule has 31 heavy (non-hydrogen) atoms. The van der Waals surface area contributed by atoms with E-state index in [1.807, 2.05) is 20.8 Å². The summed E-state index contributed by atoms with van der Waals surface area (Å²) in [5.74, 6) is -0.295. The fraction of sp³-hybridized carbons (Fsp3) is 0.714. The van der Waals surface area contributed by atoms with Crippen LogP contribution in [0.25, 0.3) is 0 Å². The van der Waals surface area contributed by atoms with E-state index in [1.54, 1.807) is 20.8 Å². The highest BCUT2D eigenvalue weighted by atomic mass is 16.6. The van der Waals surface area contributed by atoms with E-state index in [2.05, 4.69) is 4.98 Å². The number of nitrogens with one attached hydrogen (secondary N) is 1. The molecule has 0 aliphatic heterocycles. The van der Waals surface area contributed by atoms with Crippen molar-refractivity contribution in [2.75, 3.05) is 30.8 Å². The van der Waals surface area contributed by atoms with Gasteiger partial charge in [0.1, 0.15) is 18.0 Å². The number of hydrogen-bond acceptors (Lipinski definition) is 6. The van der Waals surface area contributed by atoms with Gasteiger partial charge in [0.2, 0.25) is 5.91 Å². The lowest BCUT2D eigenvalue weighted by molar-refractivity contribution is -0.119. The molecule has 0 spiro atoms. The lowest BCUT2D eigenvalue weighted by Gasteiger charge is -2.28. The maximum atomic E-state index is 13.1. The van der Waals surface area contributed by atoms with Crippen molar-refractivity contribution in [3.63, 3.8) is 0 Å². The van der Waals surface area contributed by atoms with Crippen molar-refractivity contribution in [2.24, 2.45) is 5.92 Å². The first kappa shape index (κ1) is 26.3. The monoisotopic (exact) mass is 439 g/mol. The zero-order chi connectivity index (χ0) is 23.9. The molecule has 1 rings (SSSR count). The fourth-order valence-corrected chi connectivity index (χ4v) is 2.82. The second-order valence-corrected chi connectivity index (χ2v) is 9.06. The first-order valence-corrected chi connectivity index (χ1v) is 10.7. The standard InChI is InChI=1S/C21H37N5O5/c1-8-9-11-26-17(22)16(18(28)23-19(26)29)25(12-10-14(2)3)15(27)13-24(7)20(30)31-21(4,5)6/h14H,8-13,22H2,1-7H3,(H,23,28,29). The number of nitrogen functional groups attached to an aromatic ring is 1. The molecule has 1 aromatic rings. The molecule has 0 bridgehead atoms. The quantitative estimate of drug-likeness (QED) is 0.606. The number of unbranched alkanes of at least 4 members (excludes halogenated alkanes) is 1. The van der Waals surface area contributed by atoms with E-state index < -0.39 is 28.9 Å². The van der Waals surface area contributed by atoms with Gasteiger partial charge in [-0.05, 0) is 39.5 Å². The second kappa shape index (κ2) is 11.0. The zero-order valence-electron chi connectivity index (χ0n) is 19.8. The largest absolute Gasteiger partial charge is 0.444 e. The summed E-state index contributed by atoms with van der Waals surface area (Å²) in [5.41, 5.74) is 4.07. The Kier molecular flexibility index (Phi) is 9.33. The molecule has 0 saturated heterocycles. The lowest BCUT2D eigenvalue weighted by Crippen LogP contribution is -2.47. The lowest BCUT2D eigenvalue weighted by atomic mass is 10.1. The summed E-state index contributed by atoms with van der Waals surface area (Å²) in [5, 5.41) is 0. The Labute approximate surface area is 183 Å². The number of amides is 2. The number of hydrogen-bond donors (Lipinski definition) is 2. The molecule has 0 fully saturated rings. The van der Waals surface area contributed by atoms with Crippen molar-refractivity contribution in [1.29, 1.82) is 0 Å². The van der Waals surface area contributed by atoms with Gasteiger partial charge < -0.3 is 20.3 Å². The minimum absolute atomic E-state index is 0.0563. The number of aromatic amines is 1. The van der Waals surface area contributed by atoms with Gasteiger partial charge in [-0.25, -0.2) is 9.59 Å². The molecule has 0 unspecified atom stereocenters. The number of nitrogens with two attached hydrogens (primary N) is 1. The van der Waals surface area contributed by atoms with Gasteiger partial charge >= 0.3 is 11.8 Å². The highest BCUT2D eigenvalue weighted by molar-refractivity contribution is 5.98. The Hall–Kier alpha value is -2.78. The number of rotatable bonds is 9. The zero-order valence-corrected chi connectivity index (χ0v) is 19.8. The van der Waals surface area contributed by atoms with E-state index in [4.69, 9.17) is 10.5 Å². The van der Waals surface area contributed by atoms with E-state index in [1.165, 1.54) is 16.5 Å². The molecular formula is C21H37N5O5. The molecule has 10 heteroatoms. The molecule has 0 aliphatic carbocycles. The molecule has 0 aliphatic rings. The number of nitrogens with zero attached hydrogens (tertiary/aromatic N) is 3. The number of ether oxygens (including phenoxy) is 1. The SMILES string of the molecule is CCCCn1c(N)c(N(CCC(C)C)C(=O)CN(C)C(=O)OC(C)(C)C)c(=O)[nH]c1=O. The van der Waals surface area contributed by atoms with Crippen molar-refractivity contribution in [3.05, 3.63) is 20.8 Å². The predicted octanol–water partition coefficient (Wildman–Crippen LogP) is 2.16. The molecule has 176 valence electrons. The average Bonchev–Trinajstić information content (AvgIpc) is 2.62. The van der Waals surface area contributed by atoms with Crippen molar-refractivity contribution in [3.8, 4) is 0 Å². The van der Waals surface area contributed by atoms with Gasteiger partial charge in [0.25, 0.3) is 5.56 Å². The van der Waals surface area contributed by atoms with Crippen molar-refractivity contribution in [2.45, 2.75) is 73.0 Å². The molecule has 1 aromatic heterocycles. The second-order valence-electron chi connectivity index (χ2n) is 9.06. The van der Waals surface area contributed by atoms with Crippen LogP contribution in [0, 0.1) is 5.92 Å². The highest BCUT2D eigenvalue weighted by Gasteiger charge is 2.27. The average molecular weight is 440 g/mol. The number of carbonyl (C=O) groups is 2. The minimum atomic E-state index is -0.729. The van der Waals surface area contributed by atoms with Gasteiger partial charge in [0.15, 0.2) is 5.69 Å². The van der Waals surface area contributed by atoms with Crippen LogP contribution >= 0.6 is 0 Å². The third-order valence-corrected chi connectivity index (χ3v) is 4.53. The predicted molar refractivity (Wildman–Crippen MR) is 121 cm³/mol. The van der Waals surface area contributed by atoms with Gasteiger partial charge in [-0.15, -0.1) is 0 Å². The Morgan fingerprint density at radius 3 is 2.35 bits per heavy atom. The first-order chi connectivity index (χ1) is 14.3. The Morgan fingerprint density at radius 1 is 1.23 bits per heavy atom. The van der Waals surface area contributed by atoms with E-state index in [0.29, 0.717) is 19.4 Å². The molecule has 3 N–H and O–H groups in total. The van der Waals surface area contributed by atoms with Crippen LogP contribution in [0.2, 0.25) is 0 Å². The number of aromatic nitrogens is 2. The molecule has 1 heterocycles. The summed E-state index contributed by atoms with van der Waals surface area (Å²) in [4.78, 5) is 54.9. The van der Waals surface area contributed by atoms with Crippen molar-refractivity contribution >= 4 is 23.5 Å². The number of H-pyrrole nitrogens is 1. The maximum absolute atomic E-state index is 13.1. The van der Waals surface area contributed by atoms with Gasteiger partial charge in [0.05, 0.1) is 0 Å². The van der Waals surface area contributed by atoms with E-state index in [0.717, 1.165) is 11.3 Å². The Balaban J connectivity index is 3.31. The molecule has 0 atom stereocenters. The van der Waals surface area contributed by atoms with Crippen LogP contribution in [0.4, 0.5) is 16.3 Å². The van der Waals surface area contributed by atoms with Gasteiger partial charge in [-0.1, -0.05) is 27.2 Å². The van der Waals surface area contributed by atoms with Crippen LogP contribution in [-0.2, 0) is 16.1 Å². The van der Waals surface area contributed by atoms with Crippen LogP contribution in [0.5, 0.6) is 0 Å². The fourth-order valence-electron chi connectivity index (χ4n) is 2.82. The van der Waals surface area contributed by atoms with E-state index >= 15 is 0 Å². The molecule has 2 amide bonds. The Bertz CT molecular complexity index is 882. The summed E-state index contributed by atoms with van der Waals surface area (Å²) in [6, 6.07) is 0. The summed E-state index contributed by atoms with van der Waals surface area (Å²) in [6.07, 6.45) is 1.47. The van der Waals surface area contributed by atoms with Crippen LogP contribution in [-0.4, -0.2) is 52.2 Å².